The molecule has 3 rings (SSSR count). The van der Waals surface area contributed by atoms with Crippen LogP contribution < -0.4 is 10.6 Å². The largest absolute Gasteiger partial charge is 0.374 e. The minimum absolute atomic E-state index is 0. The van der Waals surface area contributed by atoms with E-state index in [1.807, 2.05) is 35.2 Å². The molecule has 0 saturated carbocycles. The van der Waals surface area contributed by atoms with Gasteiger partial charge in [0.25, 0.3) is 0 Å². The molecule has 7 heteroatoms. The minimum atomic E-state index is 0. The summed E-state index contributed by atoms with van der Waals surface area (Å²) < 4.78 is 5.95. The van der Waals surface area contributed by atoms with Gasteiger partial charge in [-0.1, -0.05) is 54.6 Å². The first-order valence-electron chi connectivity index (χ1n) is 11.7. The molecule has 0 aliphatic carbocycles. The van der Waals surface area contributed by atoms with E-state index in [-0.39, 0.29) is 36.0 Å². The first-order chi connectivity index (χ1) is 15.7. The van der Waals surface area contributed by atoms with Crippen molar-refractivity contribution in [1.29, 1.82) is 0 Å². The Hall–Kier alpha value is -2.13. The summed E-state index contributed by atoms with van der Waals surface area (Å²) in [6.45, 7) is 8.53. The van der Waals surface area contributed by atoms with Crippen molar-refractivity contribution in [3.63, 3.8) is 0 Å². The van der Waals surface area contributed by atoms with E-state index in [4.69, 9.17) is 9.73 Å². The number of ether oxygens (including phenoxy) is 1. The second-order valence-electron chi connectivity index (χ2n) is 8.09. The molecule has 1 saturated heterocycles. The quantitative estimate of drug-likeness (QED) is 0.181. The number of halogens is 1. The van der Waals surface area contributed by atoms with E-state index in [1.165, 1.54) is 11.1 Å². The summed E-state index contributed by atoms with van der Waals surface area (Å²) in [7, 11) is 0. The first-order valence-corrected chi connectivity index (χ1v) is 11.7. The van der Waals surface area contributed by atoms with Gasteiger partial charge in [0, 0.05) is 39.2 Å². The first kappa shape index (κ1) is 27.1. The normalized spacial score (nSPS) is 14.7. The van der Waals surface area contributed by atoms with Crippen LogP contribution in [0.1, 0.15) is 55.9 Å². The highest BCUT2D eigenvalue weighted by atomic mass is 127. The van der Waals surface area contributed by atoms with Crippen molar-refractivity contribution in [2.24, 2.45) is 4.99 Å². The molecule has 33 heavy (non-hydrogen) atoms. The molecule has 0 spiro atoms. The maximum Gasteiger partial charge on any atom is 0.222 e. The number of guanidine groups is 1. The fourth-order valence-electron chi connectivity index (χ4n) is 3.81. The zero-order valence-corrected chi connectivity index (χ0v) is 22.1. The van der Waals surface area contributed by atoms with E-state index in [0.717, 1.165) is 44.0 Å². The molecule has 180 valence electrons. The molecule has 1 unspecified atom stereocenters. The van der Waals surface area contributed by atoms with E-state index in [9.17, 15) is 4.79 Å². The minimum Gasteiger partial charge on any atom is -0.374 e. The van der Waals surface area contributed by atoms with Gasteiger partial charge in [-0.15, -0.1) is 24.0 Å². The van der Waals surface area contributed by atoms with Crippen LogP contribution in [0.4, 0.5) is 0 Å². The number of carbonyl (C=O) groups is 1. The summed E-state index contributed by atoms with van der Waals surface area (Å²) in [6, 6.07) is 18.5. The van der Waals surface area contributed by atoms with Crippen LogP contribution in [0.15, 0.2) is 59.6 Å². The van der Waals surface area contributed by atoms with Gasteiger partial charge in [0.1, 0.15) is 0 Å². The van der Waals surface area contributed by atoms with Crippen molar-refractivity contribution < 1.29 is 9.53 Å². The van der Waals surface area contributed by atoms with Gasteiger partial charge in [0.2, 0.25) is 5.91 Å². The Morgan fingerprint density at radius 2 is 1.82 bits per heavy atom. The van der Waals surface area contributed by atoms with Crippen molar-refractivity contribution in [2.45, 2.75) is 52.3 Å². The predicted octanol–water partition coefficient (Wildman–Crippen LogP) is 4.65. The third kappa shape index (κ3) is 8.97. The van der Waals surface area contributed by atoms with Crippen LogP contribution in [0.25, 0.3) is 0 Å². The van der Waals surface area contributed by atoms with Gasteiger partial charge in [0.05, 0.1) is 12.6 Å². The molecular formula is C26H37IN4O2. The van der Waals surface area contributed by atoms with Crippen molar-refractivity contribution in [3.8, 4) is 0 Å². The monoisotopic (exact) mass is 564 g/mol. The summed E-state index contributed by atoms with van der Waals surface area (Å²) in [4.78, 5) is 18.7. The zero-order valence-electron chi connectivity index (χ0n) is 19.8. The van der Waals surface area contributed by atoms with Crippen LogP contribution in [-0.2, 0) is 22.6 Å². The molecule has 1 heterocycles. The molecule has 0 aromatic heterocycles. The third-order valence-electron chi connectivity index (χ3n) is 5.65. The Kier molecular flexibility index (Phi) is 12.2. The predicted molar refractivity (Wildman–Crippen MR) is 145 cm³/mol. The van der Waals surface area contributed by atoms with Crippen molar-refractivity contribution in [1.82, 2.24) is 15.5 Å². The highest BCUT2D eigenvalue weighted by Gasteiger charge is 2.20. The average Bonchev–Trinajstić information content (AvgIpc) is 3.22. The SMILES string of the molecule is CCNC(=NCc1ccccc1CN1CCCC1=O)NCCCOC(C)c1ccccc1.I. The number of likely N-dealkylation sites (tertiary alicyclic amines) is 1. The summed E-state index contributed by atoms with van der Waals surface area (Å²) in [6.07, 6.45) is 2.62. The Balaban J connectivity index is 0.00000385. The molecule has 2 aromatic carbocycles. The summed E-state index contributed by atoms with van der Waals surface area (Å²) >= 11 is 0. The van der Waals surface area contributed by atoms with Crippen molar-refractivity contribution in [2.75, 3.05) is 26.2 Å². The number of hydrogen-bond acceptors (Lipinski definition) is 3. The maximum absolute atomic E-state index is 12.0. The Bertz CT molecular complexity index is 876. The molecule has 6 nitrogen and oxygen atoms in total. The lowest BCUT2D eigenvalue weighted by atomic mass is 10.1. The maximum atomic E-state index is 12.0. The Morgan fingerprint density at radius 1 is 1.09 bits per heavy atom. The number of carbonyl (C=O) groups excluding carboxylic acids is 1. The van der Waals surface area contributed by atoms with E-state index in [2.05, 4.69) is 48.7 Å². The lowest BCUT2D eigenvalue weighted by Gasteiger charge is -2.18. The molecular weight excluding hydrogens is 527 g/mol. The Morgan fingerprint density at radius 3 is 2.52 bits per heavy atom. The number of amides is 1. The van der Waals surface area contributed by atoms with Crippen molar-refractivity contribution >= 4 is 35.8 Å². The molecule has 0 bridgehead atoms. The second kappa shape index (κ2) is 14.9. The van der Waals surface area contributed by atoms with Gasteiger partial charge in [-0.05, 0) is 43.4 Å². The molecule has 1 atom stereocenters. The van der Waals surface area contributed by atoms with E-state index in [1.54, 1.807) is 0 Å². The second-order valence-corrected chi connectivity index (χ2v) is 8.09. The highest BCUT2D eigenvalue weighted by Crippen LogP contribution is 2.18. The lowest BCUT2D eigenvalue weighted by molar-refractivity contribution is -0.128. The van der Waals surface area contributed by atoms with Crippen LogP contribution >= 0.6 is 24.0 Å². The van der Waals surface area contributed by atoms with Crippen LogP contribution in [0.3, 0.4) is 0 Å². The van der Waals surface area contributed by atoms with Gasteiger partial charge >= 0.3 is 0 Å². The van der Waals surface area contributed by atoms with Crippen LogP contribution in [-0.4, -0.2) is 43.0 Å². The zero-order chi connectivity index (χ0) is 22.6. The summed E-state index contributed by atoms with van der Waals surface area (Å²) in [5.41, 5.74) is 3.53. The van der Waals surface area contributed by atoms with Crippen LogP contribution in [0.2, 0.25) is 0 Å². The number of nitrogens with zero attached hydrogens (tertiary/aromatic N) is 2. The smallest absolute Gasteiger partial charge is 0.222 e. The molecule has 2 aromatic rings. The molecule has 1 aliphatic rings. The molecule has 1 fully saturated rings. The number of aliphatic imine (C=N–C) groups is 1. The van der Waals surface area contributed by atoms with Gasteiger partial charge in [-0.2, -0.15) is 0 Å². The van der Waals surface area contributed by atoms with Gasteiger partial charge < -0.3 is 20.3 Å². The Labute approximate surface area is 215 Å². The lowest BCUT2D eigenvalue weighted by Crippen LogP contribution is -2.38. The summed E-state index contributed by atoms with van der Waals surface area (Å²) in [5.74, 6) is 1.05. The highest BCUT2D eigenvalue weighted by molar-refractivity contribution is 14.0. The van der Waals surface area contributed by atoms with Crippen LogP contribution in [0.5, 0.6) is 0 Å². The number of nitrogens with one attached hydrogen (secondary N) is 2. The topological polar surface area (TPSA) is 66.0 Å². The number of benzene rings is 2. The fourth-order valence-corrected chi connectivity index (χ4v) is 3.81. The average molecular weight is 565 g/mol. The number of rotatable bonds is 11. The van der Waals surface area contributed by atoms with E-state index < -0.39 is 0 Å². The standard InChI is InChI=1S/C26H36N4O2.HI/c1-3-27-26(28-16-10-18-32-21(2)22-11-5-4-6-12-22)29-19-23-13-7-8-14-24(23)20-30-17-9-15-25(30)31;/h4-8,11-14,21H,3,9-10,15-20H2,1-2H3,(H2,27,28,29);1H. The van der Waals surface area contributed by atoms with Crippen molar-refractivity contribution in [3.05, 3.63) is 71.3 Å². The molecule has 1 aliphatic heterocycles. The van der Waals surface area contributed by atoms with E-state index >= 15 is 0 Å². The van der Waals surface area contributed by atoms with Gasteiger partial charge in [0.15, 0.2) is 5.96 Å². The molecule has 2 N–H and O–H groups in total. The van der Waals surface area contributed by atoms with E-state index in [0.29, 0.717) is 26.1 Å². The summed E-state index contributed by atoms with van der Waals surface area (Å²) in [5, 5.41) is 6.71. The molecule has 1 amide bonds. The third-order valence-corrected chi connectivity index (χ3v) is 5.65. The van der Waals surface area contributed by atoms with Gasteiger partial charge in [-0.25, -0.2) is 4.99 Å². The van der Waals surface area contributed by atoms with Gasteiger partial charge in [-0.3, -0.25) is 4.79 Å². The number of hydrogen-bond donors (Lipinski definition) is 2. The van der Waals surface area contributed by atoms with Crippen LogP contribution in [0, 0.1) is 0 Å². The fraction of sp³-hybridized carbons (Fsp3) is 0.462. The molecule has 0 radical (unpaired) electrons.